The minimum absolute atomic E-state index is 0.196. The molecular weight excluding hydrogens is 250 g/mol. The van der Waals surface area contributed by atoms with Gasteiger partial charge in [0.05, 0.1) is 0 Å². The molecule has 1 aliphatic heterocycles. The summed E-state index contributed by atoms with van der Waals surface area (Å²) >= 11 is 0. The number of piperidine rings is 1. The van der Waals surface area contributed by atoms with Crippen LogP contribution >= 0.6 is 0 Å². The van der Waals surface area contributed by atoms with Crippen LogP contribution in [0.1, 0.15) is 51.4 Å². The molecule has 0 aromatic rings. The highest BCUT2D eigenvalue weighted by molar-refractivity contribution is 5.76. The van der Waals surface area contributed by atoms with Gasteiger partial charge in [0.15, 0.2) is 0 Å². The van der Waals surface area contributed by atoms with Crippen molar-refractivity contribution in [1.82, 2.24) is 15.5 Å². The molecule has 0 aromatic carbocycles. The number of rotatable bonds is 5. The fourth-order valence-corrected chi connectivity index (χ4v) is 3.68. The molecule has 1 amide bonds. The normalized spacial score (nSPS) is 23.8. The monoisotopic (exact) mass is 281 g/mol. The Bertz CT molecular complexity index is 305. The van der Waals surface area contributed by atoms with Crippen LogP contribution in [0.4, 0.5) is 0 Å². The van der Waals surface area contributed by atoms with Crippen molar-refractivity contribution in [2.45, 2.75) is 56.9 Å². The molecule has 0 radical (unpaired) electrons. The highest BCUT2D eigenvalue weighted by atomic mass is 16.1. The summed E-state index contributed by atoms with van der Waals surface area (Å²) in [5.74, 6) is 0.835. The minimum Gasteiger partial charge on any atom is -0.354 e. The zero-order valence-corrected chi connectivity index (χ0v) is 13.2. The summed E-state index contributed by atoms with van der Waals surface area (Å²) in [6.45, 7) is 2.96. The van der Waals surface area contributed by atoms with Gasteiger partial charge in [0.1, 0.15) is 0 Å². The molecule has 1 saturated heterocycles. The first-order chi connectivity index (χ1) is 9.62. The molecule has 1 heterocycles. The summed E-state index contributed by atoms with van der Waals surface area (Å²) in [5.41, 5.74) is 0.196. The largest absolute Gasteiger partial charge is 0.354 e. The molecule has 2 aliphatic rings. The van der Waals surface area contributed by atoms with E-state index < -0.39 is 0 Å². The number of carbonyl (C=O) groups excluding carboxylic acids is 1. The Kier molecular flexibility index (Phi) is 5.85. The van der Waals surface area contributed by atoms with Crippen LogP contribution in [-0.4, -0.2) is 50.1 Å². The van der Waals surface area contributed by atoms with Crippen molar-refractivity contribution in [3.8, 4) is 0 Å². The Morgan fingerprint density at radius 1 is 1.20 bits per heavy atom. The maximum atomic E-state index is 12.2. The van der Waals surface area contributed by atoms with Crippen molar-refractivity contribution in [2.75, 3.05) is 33.7 Å². The summed E-state index contributed by atoms with van der Waals surface area (Å²) in [5, 5.41) is 6.58. The molecule has 4 nitrogen and oxygen atoms in total. The van der Waals surface area contributed by atoms with Crippen LogP contribution in [0.15, 0.2) is 0 Å². The lowest BCUT2D eigenvalue weighted by molar-refractivity contribution is -0.123. The highest BCUT2D eigenvalue weighted by Crippen LogP contribution is 2.31. The standard InChI is InChI=1S/C16H31N3O/c1-19(2)16(8-4-3-5-9-16)13-18-15(20)12-14-6-10-17-11-7-14/h14,17H,3-13H2,1-2H3,(H,18,20). The Morgan fingerprint density at radius 3 is 2.45 bits per heavy atom. The van der Waals surface area contributed by atoms with Gasteiger partial charge in [-0.25, -0.2) is 0 Å². The lowest BCUT2D eigenvalue weighted by Crippen LogP contribution is -2.54. The molecule has 0 bridgehead atoms. The van der Waals surface area contributed by atoms with Crippen LogP contribution in [-0.2, 0) is 4.79 Å². The predicted octanol–water partition coefficient (Wildman–Crippen LogP) is 1.76. The third kappa shape index (κ3) is 4.19. The fraction of sp³-hybridized carbons (Fsp3) is 0.938. The Labute approximate surface area is 123 Å². The SMILES string of the molecule is CN(C)C1(CNC(=O)CC2CCNCC2)CCCCC1. The summed E-state index contributed by atoms with van der Waals surface area (Å²) in [7, 11) is 4.31. The molecule has 1 aliphatic carbocycles. The molecule has 20 heavy (non-hydrogen) atoms. The van der Waals surface area contributed by atoms with Crippen LogP contribution in [0, 0.1) is 5.92 Å². The molecule has 116 valence electrons. The van der Waals surface area contributed by atoms with E-state index in [0.29, 0.717) is 12.3 Å². The van der Waals surface area contributed by atoms with E-state index in [4.69, 9.17) is 0 Å². The van der Waals surface area contributed by atoms with Crippen molar-refractivity contribution in [3.05, 3.63) is 0 Å². The van der Waals surface area contributed by atoms with Crippen molar-refractivity contribution in [2.24, 2.45) is 5.92 Å². The number of amides is 1. The second-order valence-electron chi connectivity index (χ2n) is 6.85. The van der Waals surface area contributed by atoms with Gasteiger partial charge in [0, 0.05) is 18.5 Å². The van der Waals surface area contributed by atoms with Crippen LogP contribution in [0.3, 0.4) is 0 Å². The minimum atomic E-state index is 0.196. The van der Waals surface area contributed by atoms with E-state index in [0.717, 1.165) is 32.5 Å². The third-order valence-electron chi connectivity index (χ3n) is 5.28. The van der Waals surface area contributed by atoms with Gasteiger partial charge in [-0.1, -0.05) is 19.3 Å². The van der Waals surface area contributed by atoms with Gasteiger partial charge in [0.2, 0.25) is 5.91 Å². The van der Waals surface area contributed by atoms with Gasteiger partial charge in [-0.2, -0.15) is 0 Å². The molecule has 2 rings (SSSR count). The maximum Gasteiger partial charge on any atom is 0.220 e. The number of likely N-dealkylation sites (N-methyl/N-ethyl adjacent to an activating group) is 1. The van der Waals surface area contributed by atoms with Gasteiger partial charge < -0.3 is 15.5 Å². The second-order valence-corrected chi connectivity index (χ2v) is 6.85. The lowest BCUT2D eigenvalue weighted by Gasteiger charge is -2.43. The molecule has 1 saturated carbocycles. The maximum absolute atomic E-state index is 12.2. The van der Waals surface area contributed by atoms with E-state index >= 15 is 0 Å². The molecule has 2 N–H and O–H groups in total. The second kappa shape index (κ2) is 7.41. The molecule has 0 unspecified atom stereocenters. The number of hydrogen-bond donors (Lipinski definition) is 2. The first kappa shape index (κ1) is 15.8. The molecular formula is C16H31N3O. The van der Waals surface area contributed by atoms with E-state index in [1.807, 2.05) is 0 Å². The number of carbonyl (C=O) groups is 1. The predicted molar refractivity (Wildman–Crippen MR) is 82.7 cm³/mol. The summed E-state index contributed by atoms with van der Waals surface area (Å²) in [4.78, 5) is 14.5. The van der Waals surface area contributed by atoms with E-state index in [1.165, 1.54) is 32.1 Å². The summed E-state index contributed by atoms with van der Waals surface area (Å²) in [6.07, 6.45) is 9.37. The van der Waals surface area contributed by atoms with E-state index in [9.17, 15) is 4.79 Å². The number of nitrogens with one attached hydrogen (secondary N) is 2. The zero-order valence-electron chi connectivity index (χ0n) is 13.2. The smallest absolute Gasteiger partial charge is 0.220 e. The van der Waals surface area contributed by atoms with Gasteiger partial charge in [0.25, 0.3) is 0 Å². The lowest BCUT2D eigenvalue weighted by atomic mass is 9.80. The molecule has 2 fully saturated rings. The quantitative estimate of drug-likeness (QED) is 0.807. The molecule has 4 heteroatoms. The topological polar surface area (TPSA) is 44.4 Å². The Hall–Kier alpha value is -0.610. The van der Waals surface area contributed by atoms with Gasteiger partial charge in [-0.15, -0.1) is 0 Å². The van der Waals surface area contributed by atoms with Crippen LogP contribution < -0.4 is 10.6 Å². The summed E-state index contributed by atoms with van der Waals surface area (Å²) in [6, 6.07) is 0. The molecule has 0 atom stereocenters. The van der Waals surface area contributed by atoms with Gasteiger partial charge in [-0.3, -0.25) is 4.79 Å². The average molecular weight is 281 g/mol. The van der Waals surface area contributed by atoms with Gasteiger partial charge >= 0.3 is 0 Å². The highest BCUT2D eigenvalue weighted by Gasteiger charge is 2.34. The first-order valence-electron chi connectivity index (χ1n) is 8.27. The van der Waals surface area contributed by atoms with Crippen molar-refractivity contribution < 1.29 is 4.79 Å². The number of nitrogens with zero attached hydrogens (tertiary/aromatic N) is 1. The average Bonchev–Trinajstić information content (AvgIpc) is 2.47. The van der Waals surface area contributed by atoms with Crippen LogP contribution in [0.2, 0.25) is 0 Å². The van der Waals surface area contributed by atoms with Crippen molar-refractivity contribution in [3.63, 3.8) is 0 Å². The fourth-order valence-electron chi connectivity index (χ4n) is 3.68. The molecule has 0 spiro atoms. The Morgan fingerprint density at radius 2 is 1.85 bits per heavy atom. The molecule has 0 aromatic heterocycles. The third-order valence-corrected chi connectivity index (χ3v) is 5.28. The number of hydrogen-bond acceptors (Lipinski definition) is 3. The van der Waals surface area contributed by atoms with Crippen molar-refractivity contribution in [1.29, 1.82) is 0 Å². The van der Waals surface area contributed by atoms with E-state index in [2.05, 4.69) is 29.6 Å². The van der Waals surface area contributed by atoms with E-state index in [-0.39, 0.29) is 11.4 Å². The van der Waals surface area contributed by atoms with Crippen LogP contribution in [0.5, 0.6) is 0 Å². The van der Waals surface area contributed by atoms with E-state index in [1.54, 1.807) is 0 Å². The van der Waals surface area contributed by atoms with Crippen LogP contribution in [0.25, 0.3) is 0 Å². The van der Waals surface area contributed by atoms with Gasteiger partial charge in [-0.05, 0) is 58.8 Å². The summed E-state index contributed by atoms with van der Waals surface area (Å²) < 4.78 is 0. The first-order valence-corrected chi connectivity index (χ1v) is 8.27. The Balaban J connectivity index is 1.78. The van der Waals surface area contributed by atoms with Crippen molar-refractivity contribution >= 4 is 5.91 Å². The zero-order chi connectivity index (χ0) is 14.4.